The Bertz CT molecular complexity index is 653. The molecule has 0 spiro atoms. The molecular weight excluding hydrogens is 362 g/mol. The molecule has 0 N–H and O–H groups in total. The van der Waals surface area contributed by atoms with Crippen LogP contribution in [0.1, 0.15) is 39.4 Å². The van der Waals surface area contributed by atoms with Crippen LogP contribution in [0.15, 0.2) is 6.07 Å². The third kappa shape index (κ3) is 4.52. The number of nitrogens with zero attached hydrogens (tertiary/aromatic N) is 3. The predicted molar refractivity (Wildman–Crippen MR) is 105 cm³/mol. The molecule has 148 valence electrons. The van der Waals surface area contributed by atoms with Gasteiger partial charge in [-0.1, -0.05) is 6.42 Å². The maximum Gasteiger partial charge on any atom is 0.264 e. The van der Waals surface area contributed by atoms with Gasteiger partial charge in [-0.2, -0.15) is 0 Å². The number of carbonyl (C=O) groups is 2. The highest BCUT2D eigenvalue weighted by molar-refractivity contribution is 7.14. The Morgan fingerprint density at radius 2 is 1.63 bits per heavy atom. The molecule has 3 aliphatic rings. The lowest BCUT2D eigenvalue weighted by Crippen LogP contribution is -2.53. The van der Waals surface area contributed by atoms with Crippen molar-refractivity contribution in [1.82, 2.24) is 14.7 Å². The Hall–Kier alpha value is -1.44. The Morgan fingerprint density at radius 3 is 2.41 bits per heavy atom. The summed E-state index contributed by atoms with van der Waals surface area (Å²) in [5.41, 5.74) is 1.39. The van der Waals surface area contributed by atoms with E-state index in [0.717, 1.165) is 30.8 Å². The van der Waals surface area contributed by atoms with Crippen LogP contribution < -0.4 is 0 Å². The van der Waals surface area contributed by atoms with Gasteiger partial charge in [0.2, 0.25) is 5.91 Å². The van der Waals surface area contributed by atoms with Crippen LogP contribution in [-0.4, -0.2) is 85.5 Å². The van der Waals surface area contributed by atoms with Gasteiger partial charge >= 0.3 is 0 Å². The number of thiophene rings is 1. The molecular formula is C20H29N3O3S. The van der Waals surface area contributed by atoms with Crippen LogP contribution in [0.5, 0.6) is 0 Å². The average Bonchev–Trinajstić information content (AvgIpc) is 2.99. The van der Waals surface area contributed by atoms with Gasteiger partial charge < -0.3 is 14.5 Å². The van der Waals surface area contributed by atoms with Crippen LogP contribution in [0.3, 0.4) is 0 Å². The van der Waals surface area contributed by atoms with Crippen molar-refractivity contribution in [2.75, 3.05) is 59.0 Å². The largest absolute Gasteiger partial charge is 0.379 e. The molecule has 7 heteroatoms. The first-order valence-electron chi connectivity index (χ1n) is 10.2. The van der Waals surface area contributed by atoms with Crippen molar-refractivity contribution >= 4 is 23.2 Å². The zero-order chi connectivity index (χ0) is 18.6. The monoisotopic (exact) mass is 391 g/mol. The number of aryl methyl sites for hydroxylation is 2. The SMILES string of the molecule is O=C(CN1CCOCC1)N1CCN(C(=O)c2cc3c(s2)CCCCC3)CC1. The second kappa shape index (κ2) is 8.71. The van der Waals surface area contributed by atoms with Crippen molar-refractivity contribution in [3.63, 3.8) is 0 Å². The molecule has 2 amide bonds. The van der Waals surface area contributed by atoms with E-state index >= 15 is 0 Å². The molecule has 3 heterocycles. The number of fused-ring (bicyclic) bond motifs is 1. The average molecular weight is 392 g/mol. The molecule has 1 aliphatic carbocycles. The Balaban J connectivity index is 1.29. The van der Waals surface area contributed by atoms with E-state index < -0.39 is 0 Å². The molecule has 0 radical (unpaired) electrons. The molecule has 1 aromatic rings. The van der Waals surface area contributed by atoms with Crippen LogP contribution in [0, 0.1) is 0 Å². The quantitative estimate of drug-likeness (QED) is 0.735. The third-order valence-corrected chi connectivity index (χ3v) is 7.06. The fraction of sp³-hybridized carbons (Fsp3) is 0.700. The number of hydrogen-bond acceptors (Lipinski definition) is 5. The van der Waals surface area contributed by atoms with Gasteiger partial charge in [-0.15, -0.1) is 11.3 Å². The Labute approximate surface area is 165 Å². The zero-order valence-electron chi connectivity index (χ0n) is 16.0. The highest BCUT2D eigenvalue weighted by Crippen LogP contribution is 2.30. The molecule has 6 nitrogen and oxygen atoms in total. The molecule has 2 aliphatic heterocycles. The maximum atomic E-state index is 12.9. The summed E-state index contributed by atoms with van der Waals surface area (Å²) in [7, 11) is 0. The molecule has 0 unspecified atom stereocenters. The molecule has 0 saturated carbocycles. The second-order valence-corrected chi connectivity index (χ2v) is 8.82. The molecule has 0 atom stereocenters. The van der Waals surface area contributed by atoms with Gasteiger partial charge in [0.25, 0.3) is 5.91 Å². The van der Waals surface area contributed by atoms with Crippen LogP contribution >= 0.6 is 11.3 Å². The number of hydrogen-bond donors (Lipinski definition) is 0. The summed E-state index contributed by atoms with van der Waals surface area (Å²) in [6.45, 7) is 6.09. The van der Waals surface area contributed by atoms with Crippen LogP contribution in [-0.2, 0) is 22.4 Å². The standard InChI is InChI=1S/C20H29N3O3S/c24-19(15-21-10-12-26-13-11-21)22-6-8-23(9-7-22)20(25)18-14-16-4-2-1-3-5-17(16)27-18/h14H,1-13,15H2. The first-order valence-corrected chi connectivity index (χ1v) is 11.0. The minimum atomic E-state index is 0.147. The topological polar surface area (TPSA) is 53.1 Å². The molecule has 2 saturated heterocycles. The van der Waals surface area contributed by atoms with Gasteiger partial charge in [-0.3, -0.25) is 14.5 Å². The molecule has 0 bridgehead atoms. The van der Waals surface area contributed by atoms with Crippen LogP contribution in [0.2, 0.25) is 0 Å². The number of amides is 2. The van der Waals surface area contributed by atoms with E-state index in [2.05, 4.69) is 11.0 Å². The van der Waals surface area contributed by atoms with Crippen LogP contribution in [0.25, 0.3) is 0 Å². The van der Waals surface area contributed by atoms with Gasteiger partial charge in [0.1, 0.15) is 0 Å². The van der Waals surface area contributed by atoms with E-state index in [9.17, 15) is 9.59 Å². The van der Waals surface area contributed by atoms with Gasteiger partial charge in [0.05, 0.1) is 24.6 Å². The van der Waals surface area contributed by atoms with Gasteiger partial charge in [-0.05, 0) is 37.3 Å². The zero-order valence-corrected chi connectivity index (χ0v) is 16.8. The summed E-state index contributed by atoms with van der Waals surface area (Å²) in [6.07, 6.45) is 6.01. The highest BCUT2D eigenvalue weighted by atomic mass is 32.1. The summed E-state index contributed by atoms with van der Waals surface area (Å²) in [5, 5.41) is 0. The van der Waals surface area contributed by atoms with E-state index in [1.165, 1.54) is 29.7 Å². The molecule has 27 heavy (non-hydrogen) atoms. The van der Waals surface area contributed by atoms with Crippen LogP contribution in [0.4, 0.5) is 0 Å². The van der Waals surface area contributed by atoms with Crippen molar-refractivity contribution in [2.24, 2.45) is 0 Å². The Kier molecular flexibility index (Phi) is 6.10. The number of piperazine rings is 1. The first kappa shape index (κ1) is 18.9. The van der Waals surface area contributed by atoms with E-state index in [0.29, 0.717) is 45.9 Å². The van der Waals surface area contributed by atoms with Gasteiger partial charge in [0.15, 0.2) is 0 Å². The van der Waals surface area contributed by atoms with Gasteiger partial charge in [0, 0.05) is 44.1 Å². The normalized spacial score (nSPS) is 21.6. The predicted octanol–water partition coefficient (Wildman–Crippen LogP) is 1.63. The van der Waals surface area contributed by atoms with Crippen molar-refractivity contribution in [3.05, 3.63) is 21.4 Å². The van der Waals surface area contributed by atoms with Crippen molar-refractivity contribution < 1.29 is 14.3 Å². The molecule has 4 rings (SSSR count). The number of morpholine rings is 1. The van der Waals surface area contributed by atoms with E-state index in [1.807, 2.05) is 9.80 Å². The summed E-state index contributed by atoms with van der Waals surface area (Å²) in [6, 6.07) is 2.13. The fourth-order valence-corrected chi connectivity index (χ4v) is 5.36. The Morgan fingerprint density at radius 1 is 0.926 bits per heavy atom. The molecule has 2 fully saturated rings. The smallest absolute Gasteiger partial charge is 0.264 e. The lowest BCUT2D eigenvalue weighted by Gasteiger charge is -2.36. The lowest BCUT2D eigenvalue weighted by atomic mass is 10.1. The fourth-order valence-electron chi connectivity index (χ4n) is 4.14. The van der Waals surface area contributed by atoms with E-state index in [-0.39, 0.29) is 11.8 Å². The number of rotatable bonds is 3. The molecule has 1 aromatic heterocycles. The summed E-state index contributed by atoms with van der Waals surface area (Å²) in [4.78, 5) is 33.7. The highest BCUT2D eigenvalue weighted by Gasteiger charge is 2.27. The summed E-state index contributed by atoms with van der Waals surface area (Å²) < 4.78 is 5.34. The first-order chi connectivity index (χ1) is 13.2. The summed E-state index contributed by atoms with van der Waals surface area (Å²) >= 11 is 1.69. The van der Waals surface area contributed by atoms with E-state index in [1.54, 1.807) is 11.3 Å². The van der Waals surface area contributed by atoms with Crippen molar-refractivity contribution in [1.29, 1.82) is 0 Å². The lowest BCUT2D eigenvalue weighted by molar-refractivity contribution is -0.134. The maximum absolute atomic E-state index is 12.9. The number of carbonyl (C=O) groups excluding carboxylic acids is 2. The minimum Gasteiger partial charge on any atom is -0.379 e. The third-order valence-electron chi connectivity index (χ3n) is 5.84. The summed E-state index contributed by atoms with van der Waals surface area (Å²) in [5.74, 6) is 0.320. The van der Waals surface area contributed by atoms with Gasteiger partial charge in [-0.25, -0.2) is 0 Å². The number of ether oxygens (including phenoxy) is 1. The minimum absolute atomic E-state index is 0.147. The van der Waals surface area contributed by atoms with Crippen molar-refractivity contribution in [2.45, 2.75) is 32.1 Å². The van der Waals surface area contributed by atoms with E-state index in [4.69, 9.17) is 4.74 Å². The second-order valence-electron chi connectivity index (χ2n) is 7.68. The van der Waals surface area contributed by atoms with Crippen molar-refractivity contribution in [3.8, 4) is 0 Å². The molecule has 0 aromatic carbocycles.